The number of benzene rings is 2. The fraction of sp³-hybridized carbons (Fsp3) is 0.273. The molecule has 4 rings (SSSR count). The second-order valence-corrected chi connectivity index (χ2v) is 7.09. The maximum atomic E-state index is 12.0. The zero-order chi connectivity index (χ0) is 19.3. The average molecular weight is 376 g/mol. The molecule has 2 N–H and O–H groups in total. The van der Waals surface area contributed by atoms with Gasteiger partial charge in [0.05, 0.1) is 18.9 Å². The lowest BCUT2D eigenvalue weighted by molar-refractivity contribution is -0.124. The number of rotatable bonds is 7. The highest BCUT2D eigenvalue weighted by Crippen LogP contribution is 2.25. The minimum Gasteiger partial charge on any atom is -0.492 e. The monoisotopic (exact) mass is 376 g/mol. The van der Waals surface area contributed by atoms with Gasteiger partial charge in [-0.25, -0.2) is 4.98 Å². The molecule has 1 atom stereocenters. The molecule has 1 aliphatic rings. The van der Waals surface area contributed by atoms with Gasteiger partial charge in [0, 0.05) is 25.5 Å². The van der Waals surface area contributed by atoms with Gasteiger partial charge >= 0.3 is 0 Å². The molecule has 144 valence electrons. The number of ether oxygens (including phenoxy) is 1. The van der Waals surface area contributed by atoms with Crippen molar-refractivity contribution in [3.05, 3.63) is 83.9 Å². The van der Waals surface area contributed by atoms with E-state index in [1.807, 2.05) is 47.2 Å². The third kappa shape index (κ3) is 4.23. The summed E-state index contributed by atoms with van der Waals surface area (Å²) in [6, 6.07) is 16.0. The lowest BCUT2D eigenvalue weighted by atomic mass is 9.93. The number of primary amides is 1. The maximum absolute atomic E-state index is 12.0. The Kier molecular flexibility index (Phi) is 5.39. The third-order valence-corrected chi connectivity index (χ3v) is 5.16. The molecule has 6 nitrogen and oxygen atoms in total. The number of fused-ring (bicyclic) bond motifs is 1. The third-order valence-electron chi connectivity index (χ3n) is 5.16. The minimum absolute atomic E-state index is 0.269. The second-order valence-electron chi connectivity index (χ2n) is 7.09. The predicted molar refractivity (Wildman–Crippen MR) is 107 cm³/mol. The smallest absolute Gasteiger partial charge is 0.235 e. The van der Waals surface area contributed by atoms with Crippen molar-refractivity contribution >= 4 is 5.91 Å². The van der Waals surface area contributed by atoms with Crippen LogP contribution >= 0.6 is 0 Å². The summed E-state index contributed by atoms with van der Waals surface area (Å²) in [6.07, 6.45) is 6.12. The number of amides is 1. The molecule has 0 saturated heterocycles. The van der Waals surface area contributed by atoms with Gasteiger partial charge in [-0.15, -0.1) is 0 Å². The number of imidazole rings is 1. The van der Waals surface area contributed by atoms with E-state index in [0.717, 1.165) is 24.4 Å². The van der Waals surface area contributed by atoms with E-state index in [9.17, 15) is 4.79 Å². The zero-order valence-corrected chi connectivity index (χ0v) is 15.7. The quantitative estimate of drug-likeness (QED) is 0.687. The minimum atomic E-state index is -0.277. The molecule has 2 aromatic carbocycles. The highest BCUT2D eigenvalue weighted by Gasteiger charge is 2.29. The molecule has 0 spiro atoms. The summed E-state index contributed by atoms with van der Waals surface area (Å²) >= 11 is 0. The van der Waals surface area contributed by atoms with Gasteiger partial charge in [0.2, 0.25) is 5.91 Å². The molecule has 1 amide bonds. The van der Waals surface area contributed by atoms with Crippen LogP contribution in [0, 0.1) is 0 Å². The van der Waals surface area contributed by atoms with Crippen LogP contribution in [0.5, 0.6) is 5.75 Å². The number of aromatic nitrogens is 2. The van der Waals surface area contributed by atoms with E-state index in [2.05, 4.69) is 22.0 Å². The molecular weight excluding hydrogens is 352 g/mol. The van der Waals surface area contributed by atoms with E-state index in [0.29, 0.717) is 19.6 Å². The van der Waals surface area contributed by atoms with Crippen LogP contribution in [-0.2, 0) is 30.8 Å². The molecule has 6 heteroatoms. The van der Waals surface area contributed by atoms with Crippen LogP contribution in [0.1, 0.15) is 16.7 Å². The number of nitrogens with two attached hydrogens (primary N) is 1. The molecule has 0 radical (unpaired) electrons. The molecule has 1 aliphatic heterocycles. The van der Waals surface area contributed by atoms with Crippen LogP contribution in [0.25, 0.3) is 0 Å². The molecule has 0 bridgehead atoms. The van der Waals surface area contributed by atoms with Gasteiger partial charge in [-0.2, -0.15) is 0 Å². The highest BCUT2D eigenvalue weighted by atomic mass is 16.5. The fourth-order valence-corrected chi connectivity index (χ4v) is 3.64. The predicted octanol–water partition coefficient (Wildman–Crippen LogP) is 2.37. The van der Waals surface area contributed by atoms with E-state index in [4.69, 9.17) is 10.5 Å². The Labute approximate surface area is 164 Å². The van der Waals surface area contributed by atoms with E-state index in [1.165, 1.54) is 11.1 Å². The lowest BCUT2D eigenvalue weighted by Gasteiger charge is -2.35. The number of carbonyl (C=O) groups excluding carboxylic acids is 1. The summed E-state index contributed by atoms with van der Waals surface area (Å²) in [6.45, 7) is 2.75. The fourth-order valence-electron chi connectivity index (χ4n) is 3.64. The standard InChI is InChI=1S/C22H24N4O2/c23-22(27)21-13-18-3-1-2-4-19(18)15-26(21)14-17-5-7-20(8-6-17)28-12-11-25-10-9-24-16-25/h1-10,16,21H,11-15H2,(H2,23,27). The van der Waals surface area contributed by atoms with Crippen LogP contribution in [0.3, 0.4) is 0 Å². The molecule has 0 aliphatic carbocycles. The number of carbonyl (C=O) groups is 1. The first-order chi connectivity index (χ1) is 13.7. The van der Waals surface area contributed by atoms with Gasteiger partial charge in [0.15, 0.2) is 0 Å². The van der Waals surface area contributed by atoms with Crippen LogP contribution in [0.4, 0.5) is 0 Å². The van der Waals surface area contributed by atoms with Crippen molar-refractivity contribution in [2.75, 3.05) is 6.61 Å². The van der Waals surface area contributed by atoms with Crippen LogP contribution < -0.4 is 10.5 Å². The van der Waals surface area contributed by atoms with Crippen LogP contribution in [0.15, 0.2) is 67.3 Å². The topological polar surface area (TPSA) is 73.4 Å². The first-order valence-electron chi connectivity index (χ1n) is 9.46. The van der Waals surface area contributed by atoms with E-state index < -0.39 is 0 Å². The van der Waals surface area contributed by atoms with Crippen molar-refractivity contribution in [1.82, 2.24) is 14.5 Å². The molecule has 0 fully saturated rings. The molecule has 2 heterocycles. The Morgan fingerprint density at radius 1 is 1.14 bits per heavy atom. The number of hydrogen-bond acceptors (Lipinski definition) is 4. The summed E-state index contributed by atoms with van der Waals surface area (Å²) in [5, 5.41) is 0. The average Bonchev–Trinajstić information content (AvgIpc) is 3.22. The van der Waals surface area contributed by atoms with E-state index in [1.54, 1.807) is 12.5 Å². The summed E-state index contributed by atoms with van der Waals surface area (Å²) in [7, 11) is 0. The summed E-state index contributed by atoms with van der Waals surface area (Å²) < 4.78 is 7.77. The Bertz CT molecular complexity index is 922. The summed E-state index contributed by atoms with van der Waals surface area (Å²) in [5.74, 6) is 0.563. The normalized spacial score (nSPS) is 16.5. The lowest BCUT2D eigenvalue weighted by Crippen LogP contribution is -2.48. The van der Waals surface area contributed by atoms with Gasteiger partial charge in [0.1, 0.15) is 12.4 Å². The van der Waals surface area contributed by atoms with Gasteiger partial charge < -0.3 is 15.0 Å². The first kappa shape index (κ1) is 18.3. The van der Waals surface area contributed by atoms with Crippen LogP contribution in [-0.4, -0.2) is 33.0 Å². The van der Waals surface area contributed by atoms with Crippen molar-refractivity contribution in [3.8, 4) is 5.75 Å². The van der Waals surface area contributed by atoms with E-state index in [-0.39, 0.29) is 11.9 Å². The molecule has 1 unspecified atom stereocenters. The van der Waals surface area contributed by atoms with Gasteiger partial charge in [-0.3, -0.25) is 9.69 Å². The van der Waals surface area contributed by atoms with Gasteiger partial charge in [0.25, 0.3) is 0 Å². The first-order valence-corrected chi connectivity index (χ1v) is 9.46. The summed E-state index contributed by atoms with van der Waals surface area (Å²) in [4.78, 5) is 18.2. The number of nitrogens with zero attached hydrogens (tertiary/aromatic N) is 3. The maximum Gasteiger partial charge on any atom is 0.235 e. The van der Waals surface area contributed by atoms with Crippen molar-refractivity contribution in [2.45, 2.75) is 32.1 Å². The van der Waals surface area contributed by atoms with Crippen LogP contribution in [0.2, 0.25) is 0 Å². The Morgan fingerprint density at radius 2 is 1.93 bits per heavy atom. The molecule has 3 aromatic rings. The van der Waals surface area contributed by atoms with Crippen molar-refractivity contribution in [3.63, 3.8) is 0 Å². The molecule has 28 heavy (non-hydrogen) atoms. The second kappa shape index (κ2) is 8.27. The summed E-state index contributed by atoms with van der Waals surface area (Å²) in [5.41, 5.74) is 9.29. The van der Waals surface area contributed by atoms with Crippen molar-refractivity contribution in [2.24, 2.45) is 5.73 Å². The molecule has 1 aromatic heterocycles. The molecular formula is C22H24N4O2. The van der Waals surface area contributed by atoms with Gasteiger partial charge in [-0.05, 0) is 35.2 Å². The Morgan fingerprint density at radius 3 is 2.64 bits per heavy atom. The Hall–Kier alpha value is -3.12. The zero-order valence-electron chi connectivity index (χ0n) is 15.7. The Balaban J connectivity index is 1.38. The van der Waals surface area contributed by atoms with Crippen molar-refractivity contribution in [1.29, 1.82) is 0 Å². The molecule has 0 saturated carbocycles. The van der Waals surface area contributed by atoms with E-state index >= 15 is 0 Å². The number of hydrogen-bond donors (Lipinski definition) is 1. The largest absolute Gasteiger partial charge is 0.492 e. The highest BCUT2D eigenvalue weighted by molar-refractivity contribution is 5.80. The van der Waals surface area contributed by atoms with Gasteiger partial charge in [-0.1, -0.05) is 36.4 Å². The van der Waals surface area contributed by atoms with Crippen molar-refractivity contribution < 1.29 is 9.53 Å². The SMILES string of the molecule is NC(=O)C1Cc2ccccc2CN1Cc1ccc(OCCn2ccnc2)cc1.